The molecule has 0 aliphatic carbocycles. The predicted molar refractivity (Wildman–Crippen MR) is 71.7 cm³/mol. The minimum Gasteiger partial charge on any atom is -0.492 e. The van der Waals surface area contributed by atoms with Crippen LogP contribution in [0.15, 0.2) is 18.2 Å². The van der Waals surface area contributed by atoms with E-state index in [-0.39, 0.29) is 5.82 Å². The fourth-order valence-electron chi connectivity index (χ4n) is 2.26. The minimum atomic E-state index is -0.257. The third-order valence-electron chi connectivity index (χ3n) is 3.32. The Morgan fingerprint density at radius 2 is 2.11 bits per heavy atom. The monoisotopic (exact) mass is 252 g/mol. The normalized spacial score (nSPS) is 17.7. The Hall–Kier alpha value is -1.29. The second-order valence-electron chi connectivity index (χ2n) is 4.80. The summed E-state index contributed by atoms with van der Waals surface area (Å²) in [6.45, 7) is 4.65. The molecule has 1 aromatic rings. The molecule has 1 aromatic carbocycles. The lowest BCUT2D eigenvalue weighted by Gasteiger charge is -2.30. The molecular formula is C14H21FN2O. The Morgan fingerprint density at radius 1 is 1.39 bits per heavy atom. The van der Waals surface area contributed by atoms with E-state index in [2.05, 4.69) is 17.3 Å². The summed E-state index contributed by atoms with van der Waals surface area (Å²) in [4.78, 5) is 2.33. The number of likely N-dealkylation sites (tertiary alicyclic amines) is 1. The zero-order chi connectivity index (χ0) is 13.0. The molecule has 100 valence electrons. The minimum absolute atomic E-state index is 0.257. The van der Waals surface area contributed by atoms with Crippen LogP contribution in [0.5, 0.6) is 5.75 Å². The Labute approximate surface area is 108 Å². The van der Waals surface area contributed by atoms with Crippen LogP contribution >= 0.6 is 0 Å². The number of benzene rings is 1. The molecular weight excluding hydrogens is 231 g/mol. The first-order chi connectivity index (χ1) is 8.69. The van der Waals surface area contributed by atoms with Crippen LogP contribution in [0.25, 0.3) is 0 Å². The van der Waals surface area contributed by atoms with Gasteiger partial charge in [-0.1, -0.05) is 0 Å². The van der Waals surface area contributed by atoms with E-state index < -0.39 is 0 Å². The van der Waals surface area contributed by atoms with E-state index in [9.17, 15) is 4.39 Å². The van der Waals surface area contributed by atoms with Crippen LogP contribution in [-0.2, 0) is 0 Å². The molecule has 0 saturated carbocycles. The standard InChI is InChI=1S/C14H21FN2O/c1-3-18-14-10-11(15)4-5-13(14)16-12-6-8-17(2)9-7-12/h4-5,10,12,16H,3,6-9H2,1-2H3. The van der Waals surface area contributed by atoms with Gasteiger partial charge in [0, 0.05) is 12.1 Å². The smallest absolute Gasteiger partial charge is 0.145 e. The summed E-state index contributed by atoms with van der Waals surface area (Å²) in [6, 6.07) is 5.13. The summed E-state index contributed by atoms with van der Waals surface area (Å²) in [5.41, 5.74) is 0.896. The van der Waals surface area contributed by atoms with Gasteiger partial charge in [-0.25, -0.2) is 4.39 Å². The summed E-state index contributed by atoms with van der Waals surface area (Å²) in [7, 11) is 2.14. The van der Waals surface area contributed by atoms with E-state index in [0.717, 1.165) is 31.6 Å². The molecule has 18 heavy (non-hydrogen) atoms. The Balaban J connectivity index is 2.03. The van der Waals surface area contributed by atoms with Gasteiger partial charge in [0.15, 0.2) is 0 Å². The molecule has 0 spiro atoms. The highest BCUT2D eigenvalue weighted by atomic mass is 19.1. The molecule has 0 aromatic heterocycles. The first-order valence-corrected chi connectivity index (χ1v) is 6.56. The molecule has 0 bridgehead atoms. The van der Waals surface area contributed by atoms with Crippen LogP contribution < -0.4 is 10.1 Å². The molecule has 0 radical (unpaired) electrons. The lowest BCUT2D eigenvalue weighted by atomic mass is 10.1. The third kappa shape index (κ3) is 3.35. The van der Waals surface area contributed by atoms with Gasteiger partial charge in [0.25, 0.3) is 0 Å². The van der Waals surface area contributed by atoms with E-state index >= 15 is 0 Å². The maximum Gasteiger partial charge on any atom is 0.145 e. The van der Waals surface area contributed by atoms with E-state index in [4.69, 9.17) is 4.74 Å². The van der Waals surface area contributed by atoms with Gasteiger partial charge in [-0.3, -0.25) is 0 Å². The zero-order valence-corrected chi connectivity index (χ0v) is 11.1. The molecule has 2 rings (SSSR count). The second-order valence-corrected chi connectivity index (χ2v) is 4.80. The van der Waals surface area contributed by atoms with Gasteiger partial charge in [0.1, 0.15) is 11.6 Å². The molecule has 1 fully saturated rings. The lowest BCUT2D eigenvalue weighted by molar-refractivity contribution is 0.263. The molecule has 1 saturated heterocycles. The van der Waals surface area contributed by atoms with Crippen molar-refractivity contribution in [3.63, 3.8) is 0 Å². The van der Waals surface area contributed by atoms with E-state index in [1.807, 2.05) is 6.92 Å². The largest absolute Gasteiger partial charge is 0.492 e. The maximum atomic E-state index is 13.2. The van der Waals surface area contributed by atoms with Gasteiger partial charge >= 0.3 is 0 Å². The number of piperidine rings is 1. The van der Waals surface area contributed by atoms with Gasteiger partial charge in [0.2, 0.25) is 0 Å². The SMILES string of the molecule is CCOc1cc(F)ccc1NC1CCN(C)CC1. The van der Waals surface area contributed by atoms with Crippen molar-refractivity contribution < 1.29 is 9.13 Å². The number of hydrogen-bond donors (Lipinski definition) is 1. The summed E-state index contributed by atoms with van der Waals surface area (Å²) in [5, 5.41) is 3.46. The molecule has 1 aliphatic rings. The van der Waals surface area contributed by atoms with Crippen molar-refractivity contribution >= 4 is 5.69 Å². The van der Waals surface area contributed by atoms with Gasteiger partial charge in [-0.2, -0.15) is 0 Å². The molecule has 1 aliphatic heterocycles. The first-order valence-electron chi connectivity index (χ1n) is 6.56. The third-order valence-corrected chi connectivity index (χ3v) is 3.32. The molecule has 4 heteroatoms. The Morgan fingerprint density at radius 3 is 2.78 bits per heavy atom. The molecule has 3 nitrogen and oxygen atoms in total. The van der Waals surface area contributed by atoms with Crippen molar-refractivity contribution in [2.45, 2.75) is 25.8 Å². The summed E-state index contributed by atoms with van der Waals surface area (Å²) in [5.74, 6) is 0.351. The Kier molecular flexibility index (Phi) is 4.42. The number of hydrogen-bond acceptors (Lipinski definition) is 3. The highest BCUT2D eigenvalue weighted by Crippen LogP contribution is 2.27. The van der Waals surface area contributed by atoms with Gasteiger partial charge in [-0.05, 0) is 52.0 Å². The van der Waals surface area contributed by atoms with Crippen LogP contribution in [0.4, 0.5) is 10.1 Å². The number of ether oxygens (including phenoxy) is 1. The number of nitrogens with zero attached hydrogens (tertiary/aromatic N) is 1. The quantitative estimate of drug-likeness (QED) is 0.891. The van der Waals surface area contributed by atoms with E-state index in [1.54, 1.807) is 6.07 Å². The number of halogens is 1. The van der Waals surface area contributed by atoms with Crippen LogP contribution in [0.1, 0.15) is 19.8 Å². The van der Waals surface area contributed by atoms with Crippen LogP contribution in [0.3, 0.4) is 0 Å². The lowest BCUT2D eigenvalue weighted by Crippen LogP contribution is -2.36. The summed E-state index contributed by atoms with van der Waals surface area (Å²) in [6.07, 6.45) is 2.22. The predicted octanol–water partition coefficient (Wildman–Crippen LogP) is 2.73. The van der Waals surface area contributed by atoms with Crippen LogP contribution in [-0.4, -0.2) is 37.7 Å². The van der Waals surface area contributed by atoms with Crippen molar-refractivity contribution in [1.82, 2.24) is 4.90 Å². The highest BCUT2D eigenvalue weighted by molar-refractivity contribution is 5.57. The summed E-state index contributed by atoms with van der Waals surface area (Å²) >= 11 is 0. The Bertz CT molecular complexity index is 389. The second kappa shape index (κ2) is 6.05. The highest BCUT2D eigenvalue weighted by Gasteiger charge is 2.17. The topological polar surface area (TPSA) is 24.5 Å². The van der Waals surface area contributed by atoms with Gasteiger partial charge in [-0.15, -0.1) is 0 Å². The van der Waals surface area contributed by atoms with Crippen LogP contribution in [0.2, 0.25) is 0 Å². The van der Waals surface area contributed by atoms with Crippen molar-refractivity contribution in [2.24, 2.45) is 0 Å². The maximum absolute atomic E-state index is 13.2. The average molecular weight is 252 g/mol. The molecule has 1 N–H and O–H groups in total. The average Bonchev–Trinajstić information content (AvgIpc) is 2.36. The fourth-order valence-corrected chi connectivity index (χ4v) is 2.26. The molecule has 0 unspecified atom stereocenters. The van der Waals surface area contributed by atoms with Crippen LogP contribution in [0, 0.1) is 5.82 Å². The van der Waals surface area contributed by atoms with E-state index in [1.165, 1.54) is 12.1 Å². The number of anilines is 1. The van der Waals surface area contributed by atoms with Gasteiger partial charge in [0.05, 0.1) is 12.3 Å². The van der Waals surface area contributed by atoms with Crippen molar-refractivity contribution in [1.29, 1.82) is 0 Å². The van der Waals surface area contributed by atoms with Gasteiger partial charge < -0.3 is 15.0 Å². The molecule has 0 amide bonds. The van der Waals surface area contributed by atoms with E-state index in [0.29, 0.717) is 18.4 Å². The van der Waals surface area contributed by atoms with Crippen molar-refractivity contribution in [3.8, 4) is 5.75 Å². The van der Waals surface area contributed by atoms with Crippen molar-refractivity contribution in [2.75, 3.05) is 32.1 Å². The zero-order valence-electron chi connectivity index (χ0n) is 11.1. The molecule has 0 atom stereocenters. The fraction of sp³-hybridized carbons (Fsp3) is 0.571. The first kappa shape index (κ1) is 13.1. The van der Waals surface area contributed by atoms with Crippen molar-refractivity contribution in [3.05, 3.63) is 24.0 Å². The molecule has 1 heterocycles. The summed E-state index contributed by atoms with van der Waals surface area (Å²) < 4.78 is 18.7. The number of nitrogens with one attached hydrogen (secondary N) is 1. The number of rotatable bonds is 4.